The number of hydrogen-bond acceptors (Lipinski definition) is 5. The highest BCUT2D eigenvalue weighted by Gasteiger charge is 2.23. The molecule has 0 unspecified atom stereocenters. The summed E-state index contributed by atoms with van der Waals surface area (Å²) in [4.78, 5) is 33.0. The van der Waals surface area contributed by atoms with Crippen LogP contribution >= 0.6 is 11.3 Å². The van der Waals surface area contributed by atoms with Gasteiger partial charge in [-0.3, -0.25) is 14.2 Å². The number of carbonyl (C=O) groups is 1. The van der Waals surface area contributed by atoms with Gasteiger partial charge in [-0.1, -0.05) is 0 Å². The van der Waals surface area contributed by atoms with Gasteiger partial charge in [-0.15, -0.1) is 11.3 Å². The van der Waals surface area contributed by atoms with E-state index in [1.54, 1.807) is 10.9 Å². The maximum absolute atomic E-state index is 12.6. The lowest BCUT2D eigenvalue weighted by Gasteiger charge is -2.33. The van der Waals surface area contributed by atoms with Crippen LogP contribution in [0.15, 0.2) is 11.1 Å². The summed E-state index contributed by atoms with van der Waals surface area (Å²) in [6.07, 6.45) is 1.86. The van der Waals surface area contributed by atoms with Crippen LogP contribution in [0.4, 0.5) is 0 Å². The first kappa shape index (κ1) is 16.1. The lowest BCUT2D eigenvalue weighted by molar-refractivity contribution is -0.139. The minimum Gasteiger partial charge on any atom is -0.377 e. The molecular weight excluding hydrogens is 314 g/mol. The highest BCUT2D eigenvalue weighted by Crippen LogP contribution is 2.25. The van der Waals surface area contributed by atoms with Gasteiger partial charge in [0.1, 0.15) is 4.83 Å². The molecule has 2 aromatic heterocycles. The lowest BCUT2D eigenvalue weighted by Crippen LogP contribution is -2.47. The molecule has 7 heteroatoms. The average Bonchev–Trinajstić information content (AvgIpc) is 2.82. The van der Waals surface area contributed by atoms with Gasteiger partial charge in [0.05, 0.1) is 31.0 Å². The Morgan fingerprint density at radius 2 is 2.26 bits per heavy atom. The van der Waals surface area contributed by atoms with Crippen molar-refractivity contribution in [3.63, 3.8) is 0 Å². The van der Waals surface area contributed by atoms with Gasteiger partial charge in [0.15, 0.2) is 0 Å². The zero-order valence-electron chi connectivity index (χ0n) is 13.7. The molecule has 1 aliphatic rings. The van der Waals surface area contributed by atoms with Crippen molar-refractivity contribution >= 4 is 27.5 Å². The summed E-state index contributed by atoms with van der Waals surface area (Å²) >= 11 is 1.54. The minimum atomic E-state index is -0.0559. The zero-order valence-corrected chi connectivity index (χ0v) is 14.5. The Morgan fingerprint density at radius 3 is 3.00 bits per heavy atom. The van der Waals surface area contributed by atoms with Crippen LogP contribution in [0.2, 0.25) is 0 Å². The number of ether oxygens (including phenoxy) is 1. The molecule has 0 N–H and O–H groups in total. The van der Waals surface area contributed by atoms with Gasteiger partial charge in [0.25, 0.3) is 5.56 Å². The van der Waals surface area contributed by atoms with E-state index >= 15 is 0 Å². The molecule has 1 fully saturated rings. The predicted octanol–water partition coefficient (Wildman–Crippen LogP) is 1.71. The number of aromatic nitrogens is 2. The van der Waals surface area contributed by atoms with E-state index in [0.29, 0.717) is 38.1 Å². The third-order valence-corrected chi connectivity index (χ3v) is 5.53. The lowest BCUT2D eigenvalue weighted by atomic mass is 10.2. The number of amides is 1. The van der Waals surface area contributed by atoms with Crippen LogP contribution in [0.25, 0.3) is 10.2 Å². The fraction of sp³-hybridized carbons (Fsp3) is 0.562. The number of hydrogen-bond donors (Lipinski definition) is 0. The Balaban J connectivity index is 1.77. The number of carbonyl (C=O) groups excluding carboxylic acids is 1. The molecule has 0 spiro atoms. The van der Waals surface area contributed by atoms with Gasteiger partial charge < -0.3 is 9.64 Å². The number of thiophene rings is 1. The van der Waals surface area contributed by atoms with E-state index in [0.717, 1.165) is 15.3 Å². The Labute approximate surface area is 138 Å². The van der Waals surface area contributed by atoms with Gasteiger partial charge in [-0.05, 0) is 26.3 Å². The topological polar surface area (TPSA) is 64.4 Å². The van der Waals surface area contributed by atoms with Crippen molar-refractivity contribution in [2.75, 3.05) is 19.8 Å². The monoisotopic (exact) mass is 335 g/mol. The summed E-state index contributed by atoms with van der Waals surface area (Å²) < 4.78 is 6.90. The van der Waals surface area contributed by atoms with Crippen LogP contribution < -0.4 is 5.56 Å². The van der Waals surface area contributed by atoms with Crippen molar-refractivity contribution < 1.29 is 9.53 Å². The molecule has 3 heterocycles. The van der Waals surface area contributed by atoms with Crippen LogP contribution in [0.1, 0.15) is 23.8 Å². The molecule has 2 aromatic rings. The summed E-state index contributed by atoms with van der Waals surface area (Å²) in [6, 6.07) is 0.0929. The summed E-state index contributed by atoms with van der Waals surface area (Å²) in [7, 11) is 0. The molecule has 0 bridgehead atoms. The van der Waals surface area contributed by atoms with Crippen molar-refractivity contribution in [1.29, 1.82) is 0 Å². The molecule has 1 aliphatic heterocycles. The van der Waals surface area contributed by atoms with Crippen LogP contribution in [0, 0.1) is 13.8 Å². The Morgan fingerprint density at radius 1 is 1.48 bits per heavy atom. The SMILES string of the molecule is Cc1sc2ncn(CCC(=O)N3CCOC[C@H]3C)c(=O)c2c1C. The summed E-state index contributed by atoms with van der Waals surface area (Å²) in [6.45, 7) is 8.06. The molecule has 1 saturated heterocycles. The third-order valence-electron chi connectivity index (χ3n) is 4.41. The number of rotatable bonds is 3. The van der Waals surface area contributed by atoms with Crippen molar-refractivity contribution in [2.24, 2.45) is 0 Å². The maximum Gasteiger partial charge on any atom is 0.262 e. The van der Waals surface area contributed by atoms with Crippen LogP contribution in [-0.4, -0.2) is 46.2 Å². The fourth-order valence-corrected chi connectivity index (χ4v) is 3.87. The fourth-order valence-electron chi connectivity index (χ4n) is 2.89. The van der Waals surface area contributed by atoms with Crippen molar-refractivity contribution in [3.8, 4) is 0 Å². The average molecular weight is 335 g/mol. The first-order valence-corrected chi connectivity index (χ1v) is 8.63. The van der Waals surface area contributed by atoms with E-state index in [9.17, 15) is 9.59 Å². The number of fused-ring (bicyclic) bond motifs is 1. The first-order valence-electron chi connectivity index (χ1n) is 7.81. The maximum atomic E-state index is 12.6. The minimum absolute atomic E-state index is 0.0559. The Kier molecular flexibility index (Phi) is 4.50. The molecule has 1 atom stereocenters. The van der Waals surface area contributed by atoms with E-state index in [-0.39, 0.29) is 17.5 Å². The smallest absolute Gasteiger partial charge is 0.262 e. The summed E-state index contributed by atoms with van der Waals surface area (Å²) in [5, 5.41) is 0.683. The van der Waals surface area contributed by atoms with E-state index in [4.69, 9.17) is 4.74 Å². The van der Waals surface area contributed by atoms with Gasteiger partial charge in [0, 0.05) is 24.4 Å². The highest BCUT2D eigenvalue weighted by atomic mass is 32.1. The first-order chi connectivity index (χ1) is 11.0. The van der Waals surface area contributed by atoms with Crippen LogP contribution in [0.3, 0.4) is 0 Å². The Hall–Kier alpha value is -1.73. The largest absolute Gasteiger partial charge is 0.377 e. The van der Waals surface area contributed by atoms with Crippen molar-refractivity contribution in [1.82, 2.24) is 14.5 Å². The number of morpholine rings is 1. The molecule has 3 rings (SSSR count). The molecule has 0 radical (unpaired) electrons. The van der Waals surface area contributed by atoms with Crippen molar-refractivity contribution in [3.05, 3.63) is 27.1 Å². The normalized spacial score (nSPS) is 18.6. The highest BCUT2D eigenvalue weighted by molar-refractivity contribution is 7.18. The van der Waals surface area contributed by atoms with Crippen LogP contribution in [-0.2, 0) is 16.1 Å². The molecular formula is C16H21N3O3S. The molecule has 0 aliphatic carbocycles. The zero-order chi connectivity index (χ0) is 16.6. The quantitative estimate of drug-likeness (QED) is 0.857. The molecule has 0 aromatic carbocycles. The predicted molar refractivity (Wildman–Crippen MR) is 90.0 cm³/mol. The van der Waals surface area contributed by atoms with Crippen LogP contribution in [0.5, 0.6) is 0 Å². The second kappa shape index (κ2) is 6.41. The van der Waals surface area contributed by atoms with Gasteiger partial charge in [-0.25, -0.2) is 4.98 Å². The third kappa shape index (κ3) is 3.03. The molecule has 124 valence electrons. The number of nitrogens with zero attached hydrogens (tertiary/aromatic N) is 3. The molecule has 6 nitrogen and oxygen atoms in total. The number of aryl methyl sites for hydroxylation is 3. The molecule has 0 saturated carbocycles. The second-order valence-electron chi connectivity index (χ2n) is 5.97. The summed E-state index contributed by atoms with van der Waals surface area (Å²) in [5.41, 5.74) is 0.935. The Bertz CT molecular complexity index is 796. The van der Waals surface area contributed by atoms with E-state index in [1.165, 1.54) is 11.3 Å². The second-order valence-corrected chi connectivity index (χ2v) is 7.17. The standard InChI is InChI=1S/C16H21N3O3S/c1-10-8-22-7-6-19(10)13(20)4-5-18-9-17-15-14(16(18)21)11(2)12(3)23-15/h9-10H,4-8H2,1-3H3/t10-/m1/s1. The van der Waals surface area contributed by atoms with Gasteiger partial charge >= 0.3 is 0 Å². The molecule has 1 amide bonds. The van der Waals surface area contributed by atoms with Gasteiger partial charge in [0.2, 0.25) is 5.91 Å². The van der Waals surface area contributed by atoms with Crippen molar-refractivity contribution in [2.45, 2.75) is 39.8 Å². The molecule has 23 heavy (non-hydrogen) atoms. The van der Waals surface area contributed by atoms with E-state index in [2.05, 4.69) is 4.98 Å². The summed E-state index contributed by atoms with van der Waals surface area (Å²) in [5.74, 6) is 0.0611. The van der Waals surface area contributed by atoms with E-state index < -0.39 is 0 Å². The van der Waals surface area contributed by atoms with Gasteiger partial charge in [-0.2, -0.15) is 0 Å². The van der Waals surface area contributed by atoms with E-state index in [1.807, 2.05) is 25.7 Å².